The first-order valence-electron chi connectivity index (χ1n) is 9.89. The van der Waals surface area contributed by atoms with E-state index in [1.165, 1.54) is 24.8 Å². The van der Waals surface area contributed by atoms with E-state index in [9.17, 15) is 4.79 Å². The van der Waals surface area contributed by atoms with E-state index in [1.807, 2.05) is 6.07 Å². The Morgan fingerprint density at radius 2 is 1.62 bits per heavy atom. The van der Waals surface area contributed by atoms with Gasteiger partial charge in [0, 0.05) is 12.3 Å². The minimum absolute atomic E-state index is 0.227. The Morgan fingerprint density at radius 1 is 1.04 bits per heavy atom. The summed E-state index contributed by atoms with van der Waals surface area (Å²) in [6.07, 6.45) is 6.32. The third-order valence-electron chi connectivity index (χ3n) is 5.91. The number of rotatable bonds is 9. The highest BCUT2D eigenvalue weighted by atomic mass is 28.4. The number of ketones is 1. The Kier molecular flexibility index (Phi) is 7.70. The summed E-state index contributed by atoms with van der Waals surface area (Å²) in [7, 11) is -1.78. The molecule has 1 atom stereocenters. The van der Waals surface area contributed by atoms with E-state index in [0.717, 1.165) is 37.4 Å². The summed E-state index contributed by atoms with van der Waals surface area (Å²) in [5.74, 6) is 0.607. The van der Waals surface area contributed by atoms with Crippen LogP contribution in [0.25, 0.3) is 0 Å². The van der Waals surface area contributed by atoms with Crippen LogP contribution < -0.4 is 0 Å². The van der Waals surface area contributed by atoms with Gasteiger partial charge in [-0.25, -0.2) is 0 Å². The third kappa shape index (κ3) is 5.03. The molecule has 0 N–H and O–H groups in total. The van der Waals surface area contributed by atoms with Gasteiger partial charge < -0.3 is 4.43 Å². The molecule has 3 heteroatoms. The molecule has 1 fully saturated rings. The first-order chi connectivity index (χ1) is 11.6. The van der Waals surface area contributed by atoms with Crippen molar-refractivity contribution in [3.8, 4) is 0 Å². The Balaban J connectivity index is 2.18. The lowest BCUT2D eigenvalue weighted by Gasteiger charge is -2.35. The number of hydrogen-bond acceptors (Lipinski definition) is 2. The second kappa shape index (κ2) is 9.52. The zero-order chi connectivity index (χ0) is 17.4. The molecule has 0 unspecified atom stereocenters. The first-order valence-corrected chi connectivity index (χ1v) is 12.4. The van der Waals surface area contributed by atoms with Gasteiger partial charge >= 0.3 is 0 Å². The number of benzene rings is 1. The van der Waals surface area contributed by atoms with Gasteiger partial charge in [-0.3, -0.25) is 4.79 Å². The van der Waals surface area contributed by atoms with E-state index in [4.69, 9.17) is 4.43 Å². The van der Waals surface area contributed by atoms with Crippen LogP contribution in [-0.2, 0) is 15.6 Å². The van der Waals surface area contributed by atoms with Gasteiger partial charge in [-0.1, -0.05) is 70.4 Å². The second-order valence-electron chi connectivity index (χ2n) is 7.28. The average molecular weight is 347 g/mol. The molecule has 1 aromatic rings. The van der Waals surface area contributed by atoms with Crippen LogP contribution in [0.15, 0.2) is 30.3 Å². The second-order valence-corrected chi connectivity index (χ2v) is 12.0. The molecule has 0 radical (unpaired) electrons. The molecule has 0 aromatic heterocycles. The zero-order valence-electron chi connectivity index (χ0n) is 15.7. The van der Waals surface area contributed by atoms with Crippen molar-refractivity contribution in [2.75, 3.05) is 0 Å². The summed E-state index contributed by atoms with van der Waals surface area (Å²) in [5, 5.41) is 0. The zero-order valence-corrected chi connectivity index (χ0v) is 16.7. The fraction of sp³-hybridized carbons (Fsp3) is 0.667. The molecule has 134 valence electrons. The quantitative estimate of drug-likeness (QED) is 0.531. The molecule has 2 rings (SSSR count). The smallest absolute Gasteiger partial charge is 0.193 e. The lowest BCUT2D eigenvalue weighted by atomic mass is 9.83. The Bertz CT molecular complexity index is 482. The van der Waals surface area contributed by atoms with E-state index in [2.05, 4.69) is 45.0 Å². The third-order valence-corrected chi connectivity index (χ3v) is 10.6. The van der Waals surface area contributed by atoms with E-state index in [-0.39, 0.29) is 12.0 Å². The van der Waals surface area contributed by atoms with Gasteiger partial charge in [-0.2, -0.15) is 0 Å². The molecule has 0 bridgehead atoms. The lowest BCUT2D eigenvalue weighted by molar-refractivity contribution is -0.131. The van der Waals surface area contributed by atoms with Crippen LogP contribution in [-0.4, -0.2) is 20.2 Å². The fourth-order valence-electron chi connectivity index (χ4n) is 3.98. The number of carbonyl (C=O) groups excluding carboxylic acids is 1. The predicted octanol–water partition coefficient (Wildman–Crippen LogP) is 5.77. The molecule has 0 aliphatic heterocycles. The number of hydrogen-bond donors (Lipinski definition) is 0. The molecule has 1 saturated carbocycles. The molecular weight excluding hydrogens is 312 g/mol. The van der Waals surface area contributed by atoms with Gasteiger partial charge in [0.25, 0.3) is 0 Å². The van der Waals surface area contributed by atoms with Crippen molar-refractivity contribution in [1.29, 1.82) is 0 Å². The van der Waals surface area contributed by atoms with Gasteiger partial charge in [0.2, 0.25) is 0 Å². The number of carbonyl (C=O) groups is 1. The fourth-order valence-corrected chi connectivity index (χ4v) is 6.78. The summed E-state index contributed by atoms with van der Waals surface area (Å²) >= 11 is 0. The van der Waals surface area contributed by atoms with Crippen LogP contribution in [0.3, 0.4) is 0 Å². The predicted molar refractivity (Wildman–Crippen MR) is 104 cm³/mol. The molecule has 1 aliphatic rings. The molecule has 1 aromatic carbocycles. The standard InChI is InChI=1S/C21H34O2Si/c1-4-24(5-2,6-3)23-20(17-18-13-9-7-10-14-18)21(22)19-15-11-8-12-16-19/h7,9-10,13-14,19-20H,4-6,8,11-12,15-17H2,1-3H3/t20-/m0/s1. The van der Waals surface area contributed by atoms with Gasteiger partial charge in [-0.15, -0.1) is 0 Å². The van der Waals surface area contributed by atoms with Gasteiger partial charge in [0.05, 0.1) is 0 Å². The van der Waals surface area contributed by atoms with Crippen molar-refractivity contribution in [1.82, 2.24) is 0 Å². The van der Waals surface area contributed by atoms with E-state index >= 15 is 0 Å². The van der Waals surface area contributed by atoms with Gasteiger partial charge in [0.1, 0.15) is 6.10 Å². The van der Waals surface area contributed by atoms with E-state index in [1.54, 1.807) is 0 Å². The molecule has 0 heterocycles. The highest BCUT2D eigenvalue weighted by Crippen LogP contribution is 2.30. The molecule has 0 amide bonds. The molecular formula is C21H34O2Si. The van der Waals surface area contributed by atoms with Crippen LogP contribution in [0.4, 0.5) is 0 Å². The maximum absolute atomic E-state index is 13.2. The van der Waals surface area contributed by atoms with Gasteiger partial charge in [0.15, 0.2) is 14.1 Å². The minimum atomic E-state index is -1.78. The Morgan fingerprint density at radius 3 is 2.17 bits per heavy atom. The summed E-state index contributed by atoms with van der Waals surface area (Å²) in [6, 6.07) is 13.7. The average Bonchev–Trinajstić information content (AvgIpc) is 2.66. The van der Waals surface area contributed by atoms with Crippen molar-refractivity contribution < 1.29 is 9.22 Å². The van der Waals surface area contributed by atoms with Crippen molar-refractivity contribution in [2.45, 2.75) is 83.5 Å². The topological polar surface area (TPSA) is 26.3 Å². The normalized spacial score (nSPS) is 17.6. The molecule has 1 aliphatic carbocycles. The Labute approximate surface area is 149 Å². The van der Waals surface area contributed by atoms with Crippen LogP contribution in [0, 0.1) is 5.92 Å². The molecule has 0 spiro atoms. The van der Waals surface area contributed by atoms with Crippen LogP contribution in [0.2, 0.25) is 18.1 Å². The molecule has 0 saturated heterocycles. The van der Waals surface area contributed by atoms with Crippen molar-refractivity contribution in [3.63, 3.8) is 0 Å². The first kappa shape index (κ1) is 19.4. The van der Waals surface area contributed by atoms with Crippen LogP contribution in [0.5, 0.6) is 0 Å². The van der Waals surface area contributed by atoms with Crippen LogP contribution in [0.1, 0.15) is 58.4 Å². The molecule has 2 nitrogen and oxygen atoms in total. The molecule has 24 heavy (non-hydrogen) atoms. The van der Waals surface area contributed by atoms with Gasteiger partial charge in [-0.05, 0) is 36.5 Å². The Hall–Kier alpha value is -0.933. The maximum atomic E-state index is 13.2. The lowest BCUT2D eigenvalue weighted by Crippen LogP contribution is -2.45. The minimum Gasteiger partial charge on any atom is -0.407 e. The SMILES string of the molecule is CC[Si](CC)(CC)O[C@@H](Cc1ccccc1)C(=O)C1CCCCC1. The summed E-state index contributed by atoms with van der Waals surface area (Å²) in [5.41, 5.74) is 1.22. The van der Waals surface area contributed by atoms with Crippen molar-refractivity contribution >= 4 is 14.1 Å². The summed E-state index contributed by atoms with van der Waals surface area (Å²) in [4.78, 5) is 13.2. The number of Topliss-reactive ketones (excluding diaryl/α,β-unsaturated/α-hetero) is 1. The van der Waals surface area contributed by atoms with Crippen LogP contribution >= 0.6 is 0 Å². The van der Waals surface area contributed by atoms with E-state index in [0.29, 0.717) is 5.78 Å². The van der Waals surface area contributed by atoms with E-state index < -0.39 is 8.32 Å². The highest BCUT2D eigenvalue weighted by molar-refractivity contribution is 6.73. The van der Waals surface area contributed by atoms with Crippen molar-refractivity contribution in [2.24, 2.45) is 5.92 Å². The monoisotopic (exact) mass is 346 g/mol. The van der Waals surface area contributed by atoms with Crippen molar-refractivity contribution in [3.05, 3.63) is 35.9 Å². The summed E-state index contributed by atoms with van der Waals surface area (Å²) in [6.45, 7) is 6.72. The maximum Gasteiger partial charge on any atom is 0.193 e. The summed E-state index contributed by atoms with van der Waals surface area (Å²) < 4.78 is 6.69. The largest absolute Gasteiger partial charge is 0.407 e. The highest BCUT2D eigenvalue weighted by Gasteiger charge is 2.37.